The normalized spacial score (nSPS) is 16.1. The molecule has 0 N–H and O–H groups in total. The van der Waals surface area contributed by atoms with Crippen molar-refractivity contribution in [1.29, 1.82) is 0 Å². The Morgan fingerprint density at radius 2 is 1.00 bits per heavy atom. The predicted octanol–water partition coefficient (Wildman–Crippen LogP) is 6.56. The van der Waals surface area contributed by atoms with E-state index in [4.69, 9.17) is 0 Å². The van der Waals surface area contributed by atoms with Gasteiger partial charge in [0.1, 0.15) is 0 Å². The first-order valence-electron chi connectivity index (χ1n) is 12.2. The van der Waals surface area contributed by atoms with Crippen molar-refractivity contribution >= 4 is 37.2 Å². The first-order valence-corrected chi connectivity index (χ1v) is 14.8. The van der Waals surface area contributed by atoms with E-state index in [1.807, 2.05) is 0 Å². The fourth-order valence-electron chi connectivity index (χ4n) is 4.78. The van der Waals surface area contributed by atoms with Crippen molar-refractivity contribution in [1.82, 2.24) is 4.67 Å². The van der Waals surface area contributed by atoms with Crippen LogP contribution in [0.2, 0.25) is 0 Å². The highest BCUT2D eigenvalue weighted by atomic mass is 31.1. The molecule has 0 aliphatic heterocycles. The van der Waals surface area contributed by atoms with Gasteiger partial charge in [-0.1, -0.05) is 140 Å². The summed E-state index contributed by atoms with van der Waals surface area (Å²) < 4.78 is 2.62. The fourth-order valence-corrected chi connectivity index (χ4v) is 9.90. The summed E-state index contributed by atoms with van der Waals surface area (Å²) in [7, 11) is 1.08. The molecule has 1 unspecified atom stereocenters. The van der Waals surface area contributed by atoms with Crippen molar-refractivity contribution in [2.45, 2.75) is 13.0 Å². The van der Waals surface area contributed by atoms with Gasteiger partial charge in [0.2, 0.25) is 0 Å². The number of nitrogens with zero attached hydrogens (tertiary/aromatic N) is 1. The molecule has 35 heavy (non-hydrogen) atoms. The lowest BCUT2D eigenvalue weighted by Crippen LogP contribution is -2.37. The van der Waals surface area contributed by atoms with Crippen molar-refractivity contribution in [3.63, 3.8) is 0 Å². The number of allylic oxidation sites excluding steroid dienone is 2. The van der Waals surface area contributed by atoms with Crippen LogP contribution in [0.4, 0.5) is 0 Å². The van der Waals surface area contributed by atoms with Gasteiger partial charge < -0.3 is 0 Å². The third kappa shape index (κ3) is 5.24. The monoisotopic (exact) mass is 491 g/mol. The topological polar surface area (TPSA) is 3.24 Å². The van der Waals surface area contributed by atoms with Crippen LogP contribution in [0.5, 0.6) is 0 Å². The van der Waals surface area contributed by atoms with E-state index in [9.17, 15) is 0 Å². The minimum Gasteiger partial charge on any atom is -0.274 e. The largest absolute Gasteiger partial charge is 0.274 e. The lowest BCUT2D eigenvalue weighted by Gasteiger charge is -2.38. The summed E-state index contributed by atoms with van der Waals surface area (Å²) in [5.74, 6) is 0.365. The molecule has 0 amide bonds. The molecule has 174 valence electrons. The molecule has 0 spiro atoms. The Bertz CT molecular complexity index is 1190. The molecule has 0 aromatic heterocycles. The highest BCUT2D eigenvalue weighted by Crippen LogP contribution is 2.52. The van der Waals surface area contributed by atoms with Crippen LogP contribution in [0.15, 0.2) is 145 Å². The highest BCUT2D eigenvalue weighted by molar-refractivity contribution is 7.76. The smallest absolute Gasteiger partial charge is 0.0281 e. The summed E-state index contributed by atoms with van der Waals surface area (Å²) in [5, 5.41) is 7.15. The molecule has 0 saturated carbocycles. The summed E-state index contributed by atoms with van der Waals surface area (Å²) in [6.45, 7) is 2.40. The zero-order chi connectivity index (χ0) is 24.0. The summed E-state index contributed by atoms with van der Waals surface area (Å²) in [4.78, 5) is 0. The molecule has 5 rings (SSSR count). The van der Waals surface area contributed by atoms with E-state index >= 15 is 0 Å². The molecule has 4 aromatic carbocycles. The molecule has 0 heterocycles. The van der Waals surface area contributed by atoms with Crippen molar-refractivity contribution in [3.8, 4) is 0 Å². The van der Waals surface area contributed by atoms with Crippen molar-refractivity contribution in [2.75, 3.05) is 7.05 Å². The van der Waals surface area contributed by atoms with Gasteiger partial charge in [-0.15, -0.1) is 0 Å². The Hall–Kier alpha value is -2.82. The Balaban J connectivity index is 1.51. The van der Waals surface area contributed by atoms with Gasteiger partial charge >= 0.3 is 0 Å². The van der Waals surface area contributed by atoms with E-state index in [0.29, 0.717) is 12.0 Å². The van der Waals surface area contributed by atoms with Gasteiger partial charge in [-0.2, -0.15) is 0 Å². The number of rotatable bonds is 8. The minimum atomic E-state index is -0.635. The molecule has 3 heteroatoms. The maximum Gasteiger partial charge on any atom is 0.0281 e. The van der Waals surface area contributed by atoms with Crippen molar-refractivity contribution in [2.24, 2.45) is 5.92 Å². The second kappa shape index (κ2) is 11.3. The molecule has 1 nitrogen and oxygen atoms in total. The summed E-state index contributed by atoms with van der Waals surface area (Å²) >= 11 is 0. The van der Waals surface area contributed by atoms with E-state index in [1.54, 1.807) is 0 Å². The van der Waals surface area contributed by atoms with Crippen LogP contribution in [0.3, 0.4) is 0 Å². The number of hydrogen-bond donors (Lipinski definition) is 0. The standard InChI is InChI=1S/C32H31NP2/c1-26(33(2)35(29-20-11-5-12-21-29)30-22-13-6-14-23-30)31-24-15-25-32(31)34(27-16-7-3-8-17-27)28-18-9-4-10-19-28/h3-26,31H,1-2H3/t26-,31?/m0/s1. The minimum absolute atomic E-state index is 0.351. The van der Waals surface area contributed by atoms with Crippen LogP contribution in [0.25, 0.3) is 0 Å². The molecular formula is C32H31NP2. The predicted molar refractivity (Wildman–Crippen MR) is 156 cm³/mol. The Labute approximate surface area is 212 Å². The lowest BCUT2D eigenvalue weighted by molar-refractivity contribution is 0.381. The van der Waals surface area contributed by atoms with Crippen LogP contribution in [-0.2, 0) is 0 Å². The zero-order valence-electron chi connectivity index (χ0n) is 20.3. The van der Waals surface area contributed by atoms with Crippen LogP contribution < -0.4 is 21.2 Å². The van der Waals surface area contributed by atoms with Gasteiger partial charge in [-0.25, -0.2) is 0 Å². The van der Waals surface area contributed by atoms with Crippen LogP contribution in [-0.4, -0.2) is 17.8 Å². The molecule has 4 aromatic rings. The maximum absolute atomic E-state index is 2.62. The quantitative estimate of drug-likeness (QED) is 0.253. The number of hydrogen-bond acceptors (Lipinski definition) is 1. The summed E-state index contributed by atoms with van der Waals surface area (Å²) in [6, 6.07) is 44.5. The van der Waals surface area contributed by atoms with Crippen LogP contribution in [0.1, 0.15) is 6.92 Å². The Kier molecular flexibility index (Phi) is 7.70. The van der Waals surface area contributed by atoms with E-state index in [0.717, 1.165) is 0 Å². The van der Waals surface area contributed by atoms with Gasteiger partial charge in [-0.3, -0.25) is 4.67 Å². The zero-order valence-corrected chi connectivity index (χ0v) is 22.1. The summed E-state index contributed by atoms with van der Waals surface area (Å²) in [6.07, 6.45) is 7.08. The van der Waals surface area contributed by atoms with E-state index in [-0.39, 0.29) is 0 Å². The van der Waals surface area contributed by atoms with Gasteiger partial charge in [0.15, 0.2) is 0 Å². The summed E-state index contributed by atoms with van der Waals surface area (Å²) in [5.41, 5.74) is 0. The SMILES string of the molecule is C[C@@H](C1C=CC=C1P(c1ccccc1)c1ccccc1)N(C)P(c1ccccc1)c1ccccc1. The van der Waals surface area contributed by atoms with Gasteiger partial charge in [0.05, 0.1) is 0 Å². The van der Waals surface area contributed by atoms with Crippen molar-refractivity contribution in [3.05, 3.63) is 145 Å². The number of benzene rings is 4. The molecular weight excluding hydrogens is 460 g/mol. The highest BCUT2D eigenvalue weighted by Gasteiger charge is 2.34. The first-order chi connectivity index (χ1) is 17.2. The molecule has 1 aliphatic carbocycles. The van der Waals surface area contributed by atoms with Crippen molar-refractivity contribution < 1.29 is 0 Å². The Morgan fingerprint density at radius 3 is 1.43 bits per heavy atom. The average molecular weight is 492 g/mol. The lowest BCUT2D eigenvalue weighted by atomic mass is 10.0. The second-order valence-electron chi connectivity index (χ2n) is 8.81. The Morgan fingerprint density at radius 1 is 0.600 bits per heavy atom. The van der Waals surface area contributed by atoms with Gasteiger partial charge in [0.25, 0.3) is 0 Å². The van der Waals surface area contributed by atoms with E-state index in [1.165, 1.54) is 26.5 Å². The molecule has 1 aliphatic rings. The van der Waals surface area contributed by atoms with Gasteiger partial charge in [-0.05, 0) is 48.4 Å². The third-order valence-electron chi connectivity index (χ3n) is 6.64. The molecule has 0 fully saturated rings. The first kappa shape index (κ1) is 23.9. The fraction of sp³-hybridized carbons (Fsp3) is 0.125. The van der Waals surface area contributed by atoms with E-state index in [2.05, 4.69) is 158 Å². The second-order valence-corrected chi connectivity index (χ2v) is 13.3. The average Bonchev–Trinajstić information content (AvgIpc) is 3.40. The third-order valence-corrected chi connectivity index (χ3v) is 11.8. The molecule has 0 radical (unpaired) electrons. The van der Waals surface area contributed by atoms with Crippen LogP contribution >= 0.6 is 16.0 Å². The van der Waals surface area contributed by atoms with E-state index < -0.39 is 16.0 Å². The molecule has 0 saturated heterocycles. The maximum atomic E-state index is 2.62. The molecule has 0 bridgehead atoms. The van der Waals surface area contributed by atoms with Gasteiger partial charge in [0, 0.05) is 20.0 Å². The van der Waals surface area contributed by atoms with Crippen LogP contribution in [0, 0.1) is 5.92 Å². The molecule has 2 atom stereocenters.